The lowest BCUT2D eigenvalue weighted by atomic mass is 10.2. The number of amides is 1. The number of rotatable bonds is 5. The van der Waals surface area contributed by atoms with E-state index in [4.69, 9.17) is 16.3 Å². The van der Waals surface area contributed by atoms with Crippen LogP contribution in [0, 0.1) is 5.82 Å². The molecule has 2 aromatic carbocycles. The van der Waals surface area contributed by atoms with Crippen molar-refractivity contribution in [2.45, 2.75) is 6.92 Å². The van der Waals surface area contributed by atoms with E-state index in [-0.39, 0.29) is 44.3 Å². The average Bonchev–Trinajstić information content (AvgIpc) is 3.20. The van der Waals surface area contributed by atoms with E-state index in [0.29, 0.717) is 4.47 Å². The monoisotopic (exact) mass is 549 g/mol. The molecule has 0 saturated carbocycles. The SMILES string of the molecule is CCOC(=O)c1nn(-c2ccc(F)cc2)c(=O)c2c(NC(=O)c3cc(Br)ccc3Cl)scc12. The number of fused-ring (bicyclic) bond motifs is 1. The maximum Gasteiger partial charge on any atom is 0.359 e. The average molecular weight is 551 g/mol. The lowest BCUT2D eigenvalue weighted by molar-refractivity contribution is 0.0520. The number of benzene rings is 2. The summed E-state index contributed by atoms with van der Waals surface area (Å²) in [6.45, 7) is 1.75. The molecule has 4 rings (SSSR count). The number of hydrogen-bond donors (Lipinski definition) is 1. The van der Waals surface area contributed by atoms with Gasteiger partial charge in [-0.2, -0.15) is 9.78 Å². The maximum atomic E-state index is 13.4. The van der Waals surface area contributed by atoms with Gasteiger partial charge in [0.25, 0.3) is 11.5 Å². The molecular formula is C22H14BrClFN3O4S. The summed E-state index contributed by atoms with van der Waals surface area (Å²) >= 11 is 10.5. The summed E-state index contributed by atoms with van der Waals surface area (Å²) in [6.07, 6.45) is 0. The molecule has 0 bridgehead atoms. The Morgan fingerprint density at radius 1 is 1.24 bits per heavy atom. The summed E-state index contributed by atoms with van der Waals surface area (Å²) in [4.78, 5) is 38.8. The smallest absolute Gasteiger partial charge is 0.359 e. The molecule has 2 aromatic heterocycles. The number of hydrogen-bond acceptors (Lipinski definition) is 6. The Balaban J connectivity index is 1.89. The van der Waals surface area contributed by atoms with E-state index in [1.54, 1.807) is 30.5 Å². The van der Waals surface area contributed by atoms with Crippen LogP contribution in [0.4, 0.5) is 9.39 Å². The molecule has 168 valence electrons. The van der Waals surface area contributed by atoms with Gasteiger partial charge in [0, 0.05) is 15.2 Å². The van der Waals surface area contributed by atoms with Gasteiger partial charge in [-0.25, -0.2) is 9.18 Å². The van der Waals surface area contributed by atoms with E-state index in [0.717, 1.165) is 16.0 Å². The van der Waals surface area contributed by atoms with Crippen LogP contribution < -0.4 is 10.9 Å². The largest absolute Gasteiger partial charge is 0.461 e. The first-order valence-corrected chi connectivity index (χ1v) is 11.6. The summed E-state index contributed by atoms with van der Waals surface area (Å²) in [6, 6.07) is 9.87. The van der Waals surface area contributed by atoms with Crippen molar-refractivity contribution < 1.29 is 18.7 Å². The minimum absolute atomic E-state index is 0.0712. The van der Waals surface area contributed by atoms with Crippen LogP contribution in [0.3, 0.4) is 0 Å². The van der Waals surface area contributed by atoms with E-state index in [9.17, 15) is 18.8 Å². The highest BCUT2D eigenvalue weighted by Crippen LogP contribution is 2.32. The summed E-state index contributed by atoms with van der Waals surface area (Å²) in [7, 11) is 0. The predicted octanol–water partition coefficient (Wildman–Crippen LogP) is 5.43. The van der Waals surface area contributed by atoms with Crippen LogP contribution in [-0.2, 0) is 4.74 Å². The molecule has 0 radical (unpaired) electrons. The fraction of sp³-hybridized carbons (Fsp3) is 0.0909. The second kappa shape index (κ2) is 9.42. The molecule has 1 amide bonds. The molecule has 2 heterocycles. The highest BCUT2D eigenvalue weighted by Gasteiger charge is 2.24. The molecule has 7 nitrogen and oxygen atoms in total. The highest BCUT2D eigenvalue weighted by molar-refractivity contribution is 9.10. The Morgan fingerprint density at radius 2 is 1.97 bits per heavy atom. The van der Waals surface area contributed by atoms with Crippen molar-refractivity contribution in [2.24, 2.45) is 0 Å². The van der Waals surface area contributed by atoms with Crippen LogP contribution in [0.25, 0.3) is 16.5 Å². The number of carbonyl (C=O) groups excluding carboxylic acids is 2. The van der Waals surface area contributed by atoms with E-state index >= 15 is 0 Å². The van der Waals surface area contributed by atoms with Crippen molar-refractivity contribution in [2.75, 3.05) is 11.9 Å². The Labute approximate surface area is 203 Å². The quantitative estimate of drug-likeness (QED) is 0.335. The molecule has 1 N–H and O–H groups in total. The molecule has 0 spiro atoms. The lowest BCUT2D eigenvalue weighted by Gasteiger charge is -2.10. The van der Waals surface area contributed by atoms with Gasteiger partial charge >= 0.3 is 5.97 Å². The van der Waals surface area contributed by atoms with Gasteiger partial charge in [-0.3, -0.25) is 9.59 Å². The van der Waals surface area contributed by atoms with Crippen molar-refractivity contribution in [3.63, 3.8) is 0 Å². The van der Waals surface area contributed by atoms with Crippen molar-refractivity contribution in [1.29, 1.82) is 0 Å². The van der Waals surface area contributed by atoms with Crippen LogP contribution in [0.1, 0.15) is 27.8 Å². The molecule has 11 heteroatoms. The Morgan fingerprint density at radius 3 is 2.67 bits per heavy atom. The summed E-state index contributed by atoms with van der Waals surface area (Å²) in [5.74, 6) is -1.76. The van der Waals surface area contributed by atoms with Crippen molar-refractivity contribution in [3.05, 3.63) is 84.8 Å². The first-order chi connectivity index (χ1) is 15.8. The molecular weight excluding hydrogens is 537 g/mol. The number of nitrogens with one attached hydrogen (secondary N) is 1. The number of ether oxygens (including phenoxy) is 1. The highest BCUT2D eigenvalue weighted by atomic mass is 79.9. The number of aromatic nitrogens is 2. The molecule has 33 heavy (non-hydrogen) atoms. The van der Waals surface area contributed by atoms with Crippen molar-refractivity contribution >= 4 is 66.5 Å². The standard InChI is InChI=1S/C22H14BrClFN3O4S/c1-2-32-22(31)18-15-10-33-20(26-19(29)14-9-11(23)3-8-16(14)24)17(15)21(30)28(27-18)13-6-4-12(25)5-7-13/h3-10H,2H2,1H3,(H,26,29). The second-order valence-corrected chi connectivity index (χ2v) is 8.90. The summed E-state index contributed by atoms with van der Waals surface area (Å²) in [5.41, 5.74) is -0.256. The molecule has 0 aliphatic carbocycles. The molecule has 0 aliphatic heterocycles. The van der Waals surface area contributed by atoms with Crippen molar-refractivity contribution in [3.8, 4) is 5.69 Å². The fourth-order valence-corrected chi connectivity index (χ4v) is 4.59. The topological polar surface area (TPSA) is 90.3 Å². The third kappa shape index (κ3) is 4.54. The van der Waals surface area contributed by atoms with Crippen LogP contribution in [0.15, 0.2) is 57.1 Å². The van der Waals surface area contributed by atoms with Crippen molar-refractivity contribution in [1.82, 2.24) is 9.78 Å². The third-order valence-electron chi connectivity index (χ3n) is 4.59. The van der Waals surface area contributed by atoms with Crippen LogP contribution in [0.2, 0.25) is 5.02 Å². The number of carbonyl (C=O) groups is 2. The molecule has 4 aromatic rings. The van der Waals surface area contributed by atoms with E-state index < -0.39 is 23.3 Å². The zero-order valence-corrected chi connectivity index (χ0v) is 20.1. The Bertz CT molecular complexity index is 1450. The number of esters is 1. The summed E-state index contributed by atoms with van der Waals surface area (Å²) in [5, 5.41) is 9.15. The minimum atomic E-state index is -0.732. The van der Waals surface area contributed by atoms with E-state index in [2.05, 4.69) is 26.3 Å². The van der Waals surface area contributed by atoms with Crippen LogP contribution in [-0.4, -0.2) is 28.3 Å². The van der Waals surface area contributed by atoms with Gasteiger partial charge in [0.05, 0.1) is 28.3 Å². The normalized spacial score (nSPS) is 10.9. The van der Waals surface area contributed by atoms with Crippen LogP contribution in [0.5, 0.6) is 0 Å². The molecule has 0 atom stereocenters. The lowest BCUT2D eigenvalue weighted by Crippen LogP contribution is -2.25. The number of halogens is 3. The second-order valence-electron chi connectivity index (χ2n) is 6.69. The number of thiophene rings is 1. The van der Waals surface area contributed by atoms with Gasteiger partial charge in [-0.15, -0.1) is 11.3 Å². The molecule has 0 fully saturated rings. The van der Waals surface area contributed by atoms with Gasteiger partial charge in [0.1, 0.15) is 10.8 Å². The van der Waals surface area contributed by atoms with Gasteiger partial charge in [0.2, 0.25) is 0 Å². The molecule has 0 saturated heterocycles. The van der Waals surface area contributed by atoms with Crippen LogP contribution >= 0.6 is 38.9 Å². The predicted molar refractivity (Wildman–Crippen MR) is 128 cm³/mol. The molecule has 0 unspecified atom stereocenters. The first-order valence-electron chi connectivity index (χ1n) is 9.54. The molecule has 0 aliphatic rings. The Kier molecular flexibility index (Phi) is 6.59. The zero-order valence-electron chi connectivity index (χ0n) is 16.9. The number of nitrogens with zero attached hydrogens (tertiary/aromatic N) is 2. The zero-order chi connectivity index (χ0) is 23.7. The van der Waals surface area contributed by atoms with Gasteiger partial charge in [-0.05, 0) is 49.4 Å². The Hall–Kier alpha value is -3.08. The summed E-state index contributed by atoms with van der Waals surface area (Å²) < 4.78 is 20.1. The maximum absolute atomic E-state index is 13.4. The van der Waals surface area contributed by atoms with Gasteiger partial charge < -0.3 is 10.1 Å². The fourth-order valence-electron chi connectivity index (χ4n) is 3.09. The first kappa shape index (κ1) is 23.1. The van der Waals surface area contributed by atoms with Gasteiger partial charge in [0.15, 0.2) is 5.69 Å². The van der Waals surface area contributed by atoms with E-state index in [1.165, 1.54) is 24.3 Å². The van der Waals surface area contributed by atoms with E-state index in [1.807, 2.05) is 0 Å². The number of anilines is 1. The van der Waals surface area contributed by atoms with Gasteiger partial charge in [-0.1, -0.05) is 27.5 Å². The minimum Gasteiger partial charge on any atom is -0.461 e. The third-order valence-corrected chi connectivity index (χ3v) is 6.31.